The van der Waals surface area contributed by atoms with Gasteiger partial charge >= 0.3 is 0 Å². The van der Waals surface area contributed by atoms with Gasteiger partial charge in [-0.1, -0.05) is 24.8 Å². The van der Waals surface area contributed by atoms with Crippen molar-refractivity contribution in [3.05, 3.63) is 48.3 Å². The van der Waals surface area contributed by atoms with E-state index in [0.29, 0.717) is 0 Å². The zero-order valence-electron chi connectivity index (χ0n) is 7.20. The molecule has 0 unspecified atom stereocenters. The summed E-state index contributed by atoms with van der Waals surface area (Å²) >= 11 is 0. The van der Waals surface area contributed by atoms with Crippen LogP contribution in [-0.2, 0) is 0 Å². The van der Waals surface area contributed by atoms with Gasteiger partial charge in [-0.2, -0.15) is 0 Å². The fourth-order valence-electron chi connectivity index (χ4n) is 1.22. The van der Waals surface area contributed by atoms with Crippen molar-refractivity contribution >= 4 is 18.0 Å². The Labute approximate surface area is 77.3 Å². The number of hydrogen-bond donors (Lipinski definition) is 1. The summed E-state index contributed by atoms with van der Waals surface area (Å²) in [4.78, 5) is 4.04. The van der Waals surface area contributed by atoms with Crippen molar-refractivity contribution in [2.24, 2.45) is 4.99 Å². The second kappa shape index (κ2) is 3.27. The SMILES string of the molecule is C=C1C=N/C=C\c2ccccc2N1. The number of fused-ring (bicyclic) bond motifs is 1. The highest BCUT2D eigenvalue weighted by atomic mass is 14.9. The molecule has 0 atom stereocenters. The number of anilines is 1. The lowest BCUT2D eigenvalue weighted by Gasteiger charge is -2.09. The minimum atomic E-state index is 0.803. The smallest absolute Gasteiger partial charge is 0.0497 e. The molecule has 2 heteroatoms. The number of hydrogen-bond acceptors (Lipinski definition) is 2. The Bertz CT molecular complexity index is 389. The van der Waals surface area contributed by atoms with Crippen molar-refractivity contribution in [3.63, 3.8) is 0 Å². The van der Waals surface area contributed by atoms with Gasteiger partial charge in [0.2, 0.25) is 0 Å². The van der Waals surface area contributed by atoms with Crippen molar-refractivity contribution in [3.8, 4) is 0 Å². The molecule has 1 N–H and O–H groups in total. The Morgan fingerprint density at radius 1 is 1.23 bits per heavy atom. The molecule has 1 aromatic rings. The first-order valence-electron chi connectivity index (χ1n) is 4.11. The lowest BCUT2D eigenvalue weighted by Crippen LogP contribution is -2.01. The zero-order chi connectivity index (χ0) is 9.10. The van der Waals surface area contributed by atoms with Crippen LogP contribution < -0.4 is 5.32 Å². The van der Waals surface area contributed by atoms with Crippen LogP contribution in [0.2, 0.25) is 0 Å². The van der Waals surface area contributed by atoms with Gasteiger partial charge in [0.25, 0.3) is 0 Å². The van der Waals surface area contributed by atoms with Crippen LogP contribution in [0.25, 0.3) is 6.08 Å². The first-order chi connectivity index (χ1) is 6.36. The molecule has 2 nitrogen and oxygen atoms in total. The second-order valence-electron chi connectivity index (χ2n) is 2.83. The van der Waals surface area contributed by atoms with Gasteiger partial charge < -0.3 is 5.32 Å². The number of allylic oxidation sites excluding steroid dienone is 1. The fraction of sp³-hybridized carbons (Fsp3) is 0. The number of rotatable bonds is 0. The topological polar surface area (TPSA) is 24.4 Å². The van der Waals surface area contributed by atoms with Crippen LogP contribution in [-0.4, -0.2) is 6.21 Å². The molecule has 0 aromatic heterocycles. The molecule has 0 fully saturated rings. The molecule has 2 rings (SSSR count). The van der Waals surface area contributed by atoms with Crippen LogP contribution in [0.5, 0.6) is 0 Å². The maximum atomic E-state index is 4.04. The van der Waals surface area contributed by atoms with E-state index >= 15 is 0 Å². The third-order valence-electron chi connectivity index (χ3n) is 1.83. The van der Waals surface area contributed by atoms with E-state index in [1.165, 1.54) is 0 Å². The molecule has 64 valence electrons. The van der Waals surface area contributed by atoms with Crippen LogP contribution in [0, 0.1) is 0 Å². The second-order valence-corrected chi connectivity index (χ2v) is 2.83. The van der Waals surface area contributed by atoms with Gasteiger partial charge in [0, 0.05) is 23.8 Å². The predicted octanol–water partition coefficient (Wildman–Crippen LogP) is 2.67. The van der Waals surface area contributed by atoms with E-state index in [0.717, 1.165) is 16.9 Å². The third kappa shape index (κ3) is 1.67. The van der Waals surface area contributed by atoms with E-state index in [1.54, 1.807) is 12.4 Å². The first-order valence-corrected chi connectivity index (χ1v) is 4.11. The summed E-state index contributed by atoms with van der Waals surface area (Å²) in [6.07, 6.45) is 5.43. The van der Waals surface area contributed by atoms with Gasteiger partial charge in [-0.05, 0) is 17.7 Å². The largest absolute Gasteiger partial charge is 0.354 e. The monoisotopic (exact) mass is 170 g/mol. The van der Waals surface area contributed by atoms with Gasteiger partial charge in [-0.25, -0.2) is 0 Å². The van der Waals surface area contributed by atoms with Crippen LogP contribution in [0.15, 0.2) is 47.7 Å². The molecule has 0 saturated heterocycles. The molecule has 1 aromatic carbocycles. The predicted molar refractivity (Wildman–Crippen MR) is 56.7 cm³/mol. The lowest BCUT2D eigenvalue weighted by atomic mass is 10.1. The quantitative estimate of drug-likeness (QED) is 0.636. The van der Waals surface area contributed by atoms with Gasteiger partial charge in [0.15, 0.2) is 0 Å². The Balaban J connectivity index is 2.49. The highest BCUT2D eigenvalue weighted by Crippen LogP contribution is 2.18. The summed E-state index contributed by atoms with van der Waals surface area (Å²) in [6.45, 7) is 3.82. The summed E-state index contributed by atoms with van der Waals surface area (Å²) in [6, 6.07) is 8.04. The first kappa shape index (κ1) is 7.80. The van der Waals surface area contributed by atoms with E-state index in [9.17, 15) is 0 Å². The van der Waals surface area contributed by atoms with Crippen molar-refractivity contribution in [1.82, 2.24) is 0 Å². The van der Waals surface area contributed by atoms with Gasteiger partial charge in [0.05, 0.1) is 0 Å². The van der Waals surface area contributed by atoms with Crippen LogP contribution >= 0.6 is 0 Å². The summed E-state index contributed by atoms with van der Waals surface area (Å²) in [5, 5.41) is 3.17. The third-order valence-corrected chi connectivity index (χ3v) is 1.83. The van der Waals surface area contributed by atoms with E-state index in [-0.39, 0.29) is 0 Å². The molecule has 0 radical (unpaired) electrons. The molecular weight excluding hydrogens is 160 g/mol. The Morgan fingerprint density at radius 3 is 3.00 bits per heavy atom. The molecule has 0 saturated carbocycles. The number of benzene rings is 1. The maximum Gasteiger partial charge on any atom is 0.0497 e. The summed E-state index contributed by atoms with van der Waals surface area (Å²) in [5.74, 6) is 0. The van der Waals surface area contributed by atoms with E-state index in [4.69, 9.17) is 0 Å². The molecule has 1 heterocycles. The molecule has 0 bridgehead atoms. The number of para-hydroxylation sites is 1. The van der Waals surface area contributed by atoms with Crippen molar-refractivity contribution < 1.29 is 0 Å². The maximum absolute atomic E-state index is 4.04. The number of aliphatic imine (C=N–C) groups is 1. The normalized spacial score (nSPS) is 16.8. The van der Waals surface area contributed by atoms with Crippen molar-refractivity contribution in [2.75, 3.05) is 5.32 Å². The Morgan fingerprint density at radius 2 is 2.08 bits per heavy atom. The van der Waals surface area contributed by atoms with Crippen LogP contribution in [0.3, 0.4) is 0 Å². The molecular formula is C11H10N2. The highest BCUT2D eigenvalue weighted by Gasteiger charge is 1.99. The Hall–Kier alpha value is -1.83. The summed E-state index contributed by atoms with van der Waals surface area (Å²) in [7, 11) is 0. The number of nitrogens with zero attached hydrogens (tertiary/aromatic N) is 1. The van der Waals surface area contributed by atoms with E-state index in [2.05, 4.69) is 16.9 Å². The molecule has 0 amide bonds. The van der Waals surface area contributed by atoms with Gasteiger partial charge in [-0.15, -0.1) is 0 Å². The van der Waals surface area contributed by atoms with Gasteiger partial charge in [-0.3, -0.25) is 4.99 Å². The van der Waals surface area contributed by atoms with Crippen LogP contribution in [0.4, 0.5) is 5.69 Å². The Kier molecular flexibility index (Phi) is 1.96. The van der Waals surface area contributed by atoms with Crippen LogP contribution in [0.1, 0.15) is 5.56 Å². The zero-order valence-corrected chi connectivity index (χ0v) is 7.20. The standard InChI is InChI=1S/C11H10N2/c1-9-8-12-7-6-10-4-2-3-5-11(10)13-9/h2-8,13H,1H2/b7-6-,12-8?. The minimum absolute atomic E-state index is 0.803. The molecule has 0 aliphatic carbocycles. The molecule has 0 spiro atoms. The van der Waals surface area contributed by atoms with E-state index in [1.807, 2.05) is 30.3 Å². The number of nitrogens with one attached hydrogen (secondary N) is 1. The average molecular weight is 170 g/mol. The highest BCUT2D eigenvalue weighted by molar-refractivity contribution is 5.86. The van der Waals surface area contributed by atoms with E-state index < -0.39 is 0 Å². The minimum Gasteiger partial charge on any atom is -0.354 e. The fourth-order valence-corrected chi connectivity index (χ4v) is 1.22. The van der Waals surface area contributed by atoms with Crippen molar-refractivity contribution in [2.45, 2.75) is 0 Å². The lowest BCUT2D eigenvalue weighted by molar-refractivity contribution is 1.48. The average Bonchev–Trinajstić information content (AvgIpc) is 2.11. The van der Waals surface area contributed by atoms with Crippen molar-refractivity contribution in [1.29, 1.82) is 0 Å². The molecule has 1 aliphatic heterocycles. The molecule has 13 heavy (non-hydrogen) atoms. The van der Waals surface area contributed by atoms with Gasteiger partial charge in [0.1, 0.15) is 0 Å². The summed E-state index contributed by atoms with van der Waals surface area (Å²) in [5.41, 5.74) is 2.99. The molecule has 1 aliphatic rings. The summed E-state index contributed by atoms with van der Waals surface area (Å²) < 4.78 is 0.